The summed E-state index contributed by atoms with van der Waals surface area (Å²) in [5.41, 5.74) is 0.0300. The average Bonchev–Trinajstić information content (AvgIpc) is 2.65. The van der Waals surface area contributed by atoms with Gasteiger partial charge < -0.3 is 10.1 Å². The van der Waals surface area contributed by atoms with E-state index in [0.717, 1.165) is 25.7 Å². The number of ether oxygens (including phenoxy) is 1. The maximum absolute atomic E-state index is 12.3. The molecule has 3 nitrogen and oxygen atoms in total. The van der Waals surface area contributed by atoms with Gasteiger partial charge in [-0.2, -0.15) is 0 Å². The molecule has 0 aromatic heterocycles. The molecule has 0 bridgehead atoms. The molecule has 0 radical (unpaired) electrons. The summed E-state index contributed by atoms with van der Waals surface area (Å²) in [5.74, 6) is 0.0846. The molecule has 2 aliphatic rings. The normalized spacial score (nSPS) is 28.2. The summed E-state index contributed by atoms with van der Waals surface area (Å²) in [5, 5.41) is 3.60. The monoisotopic (exact) mass is 253 g/mol. The molecular weight excluding hydrogens is 226 g/mol. The highest BCUT2D eigenvalue weighted by atomic mass is 16.5. The number of piperidine rings is 1. The van der Waals surface area contributed by atoms with Crippen LogP contribution in [0, 0.1) is 5.92 Å². The van der Waals surface area contributed by atoms with Gasteiger partial charge in [-0.15, -0.1) is 0 Å². The van der Waals surface area contributed by atoms with Crippen LogP contribution in [0.15, 0.2) is 0 Å². The minimum atomic E-state index is 0.0150. The number of esters is 1. The Morgan fingerprint density at radius 3 is 2.06 bits per heavy atom. The maximum atomic E-state index is 12.3. The standard InChI is InChI=1S/C15H27NO2/c1-14(2)9-11(10-15(3,4)16-14)13(17)18-12-7-5-6-8-12/h11-12,16H,5-10H2,1-4H3. The summed E-state index contributed by atoms with van der Waals surface area (Å²) >= 11 is 0. The fraction of sp³-hybridized carbons (Fsp3) is 0.933. The van der Waals surface area contributed by atoms with Crippen molar-refractivity contribution >= 4 is 5.97 Å². The molecule has 1 aliphatic heterocycles. The topological polar surface area (TPSA) is 38.3 Å². The molecule has 1 saturated carbocycles. The molecule has 0 aromatic carbocycles. The Hall–Kier alpha value is -0.570. The molecule has 104 valence electrons. The van der Waals surface area contributed by atoms with E-state index in [1.807, 2.05) is 0 Å². The van der Waals surface area contributed by atoms with Crippen LogP contribution in [0.4, 0.5) is 0 Å². The predicted octanol–water partition coefficient (Wildman–Crippen LogP) is 3.03. The molecule has 0 spiro atoms. The Morgan fingerprint density at radius 1 is 1.06 bits per heavy atom. The predicted molar refractivity (Wildman–Crippen MR) is 72.4 cm³/mol. The van der Waals surface area contributed by atoms with Crippen molar-refractivity contribution in [1.29, 1.82) is 0 Å². The van der Waals surface area contributed by atoms with E-state index in [1.54, 1.807) is 0 Å². The van der Waals surface area contributed by atoms with Gasteiger partial charge >= 0.3 is 5.97 Å². The Kier molecular flexibility index (Phi) is 3.72. The third kappa shape index (κ3) is 3.47. The molecule has 2 fully saturated rings. The summed E-state index contributed by atoms with van der Waals surface area (Å²) in [6.07, 6.45) is 6.48. The quantitative estimate of drug-likeness (QED) is 0.769. The van der Waals surface area contributed by atoms with E-state index in [-0.39, 0.29) is 29.1 Å². The summed E-state index contributed by atoms with van der Waals surface area (Å²) in [6.45, 7) is 8.68. The van der Waals surface area contributed by atoms with Crippen LogP contribution in [0.1, 0.15) is 66.2 Å². The van der Waals surface area contributed by atoms with Crippen molar-refractivity contribution in [2.45, 2.75) is 83.4 Å². The highest BCUT2D eigenvalue weighted by Gasteiger charge is 2.41. The second-order valence-corrected chi connectivity index (χ2v) is 7.34. The van der Waals surface area contributed by atoms with Gasteiger partial charge in [-0.3, -0.25) is 4.79 Å². The van der Waals surface area contributed by atoms with Gasteiger partial charge in [0.05, 0.1) is 5.92 Å². The van der Waals surface area contributed by atoms with Crippen LogP contribution in [-0.2, 0) is 9.53 Å². The average molecular weight is 253 g/mol. The van der Waals surface area contributed by atoms with Crippen LogP contribution in [0.2, 0.25) is 0 Å². The molecule has 0 atom stereocenters. The fourth-order valence-electron chi connectivity index (χ4n) is 3.76. The number of carbonyl (C=O) groups is 1. The summed E-state index contributed by atoms with van der Waals surface area (Å²) in [7, 11) is 0. The number of rotatable bonds is 2. The Bertz CT molecular complexity index is 300. The third-order valence-electron chi connectivity index (χ3n) is 4.11. The smallest absolute Gasteiger partial charge is 0.309 e. The van der Waals surface area contributed by atoms with Crippen molar-refractivity contribution in [2.75, 3.05) is 0 Å². The van der Waals surface area contributed by atoms with Gasteiger partial charge in [-0.05, 0) is 66.2 Å². The van der Waals surface area contributed by atoms with Crippen LogP contribution < -0.4 is 5.32 Å². The molecule has 0 amide bonds. The van der Waals surface area contributed by atoms with Crippen molar-refractivity contribution in [2.24, 2.45) is 5.92 Å². The van der Waals surface area contributed by atoms with E-state index < -0.39 is 0 Å². The number of nitrogens with one attached hydrogen (secondary N) is 1. The van der Waals surface area contributed by atoms with Crippen molar-refractivity contribution in [3.05, 3.63) is 0 Å². The van der Waals surface area contributed by atoms with Crippen LogP contribution in [0.3, 0.4) is 0 Å². The van der Waals surface area contributed by atoms with Gasteiger partial charge in [-0.1, -0.05) is 0 Å². The lowest BCUT2D eigenvalue weighted by molar-refractivity contribution is -0.157. The number of hydrogen-bond acceptors (Lipinski definition) is 3. The zero-order valence-corrected chi connectivity index (χ0v) is 12.2. The van der Waals surface area contributed by atoms with Gasteiger partial charge in [-0.25, -0.2) is 0 Å². The molecule has 0 aromatic rings. The molecule has 1 N–H and O–H groups in total. The minimum Gasteiger partial charge on any atom is -0.462 e. The third-order valence-corrected chi connectivity index (χ3v) is 4.11. The number of hydrogen-bond donors (Lipinski definition) is 1. The van der Waals surface area contributed by atoms with Gasteiger partial charge in [0, 0.05) is 11.1 Å². The number of carbonyl (C=O) groups excluding carboxylic acids is 1. The van der Waals surface area contributed by atoms with Crippen molar-refractivity contribution in [1.82, 2.24) is 5.32 Å². The first-order valence-electron chi connectivity index (χ1n) is 7.27. The van der Waals surface area contributed by atoms with Gasteiger partial charge in [0.1, 0.15) is 6.10 Å². The lowest BCUT2D eigenvalue weighted by Gasteiger charge is -2.45. The lowest BCUT2D eigenvalue weighted by atomic mass is 9.76. The Morgan fingerprint density at radius 2 is 1.56 bits per heavy atom. The van der Waals surface area contributed by atoms with Crippen LogP contribution >= 0.6 is 0 Å². The summed E-state index contributed by atoms with van der Waals surface area (Å²) in [6, 6.07) is 0. The van der Waals surface area contributed by atoms with Crippen molar-refractivity contribution in [3.63, 3.8) is 0 Å². The van der Waals surface area contributed by atoms with E-state index in [4.69, 9.17) is 4.74 Å². The molecule has 1 aliphatic carbocycles. The first-order chi connectivity index (χ1) is 8.27. The molecule has 18 heavy (non-hydrogen) atoms. The first-order valence-corrected chi connectivity index (χ1v) is 7.27. The lowest BCUT2D eigenvalue weighted by Crippen LogP contribution is -2.59. The highest BCUT2D eigenvalue weighted by molar-refractivity contribution is 5.73. The highest BCUT2D eigenvalue weighted by Crippen LogP contribution is 2.34. The fourth-order valence-corrected chi connectivity index (χ4v) is 3.76. The Labute approximate surface area is 111 Å². The summed E-state index contributed by atoms with van der Waals surface area (Å²) < 4.78 is 5.67. The van der Waals surface area contributed by atoms with Crippen LogP contribution in [0.5, 0.6) is 0 Å². The Balaban J connectivity index is 1.96. The van der Waals surface area contributed by atoms with Crippen LogP contribution in [0.25, 0.3) is 0 Å². The maximum Gasteiger partial charge on any atom is 0.309 e. The molecule has 1 saturated heterocycles. The van der Waals surface area contributed by atoms with E-state index >= 15 is 0 Å². The van der Waals surface area contributed by atoms with Crippen molar-refractivity contribution in [3.8, 4) is 0 Å². The zero-order valence-electron chi connectivity index (χ0n) is 12.2. The largest absolute Gasteiger partial charge is 0.462 e. The second-order valence-electron chi connectivity index (χ2n) is 7.34. The van der Waals surface area contributed by atoms with E-state index in [1.165, 1.54) is 12.8 Å². The van der Waals surface area contributed by atoms with Gasteiger partial charge in [0.25, 0.3) is 0 Å². The van der Waals surface area contributed by atoms with Gasteiger partial charge in [0.2, 0.25) is 0 Å². The van der Waals surface area contributed by atoms with E-state index in [9.17, 15) is 4.79 Å². The van der Waals surface area contributed by atoms with Crippen LogP contribution in [-0.4, -0.2) is 23.2 Å². The molecule has 3 heteroatoms. The van der Waals surface area contributed by atoms with E-state index in [2.05, 4.69) is 33.0 Å². The molecule has 2 rings (SSSR count). The second kappa shape index (κ2) is 4.84. The SMILES string of the molecule is CC1(C)CC(C(=O)OC2CCCC2)CC(C)(C)N1. The molecule has 0 unspecified atom stereocenters. The molecule has 1 heterocycles. The van der Waals surface area contributed by atoms with Crippen molar-refractivity contribution < 1.29 is 9.53 Å². The first kappa shape index (κ1) is 13.9. The minimum absolute atomic E-state index is 0.0150. The molecular formula is C15H27NO2. The van der Waals surface area contributed by atoms with E-state index in [0.29, 0.717) is 0 Å². The summed E-state index contributed by atoms with van der Waals surface area (Å²) in [4.78, 5) is 12.3. The van der Waals surface area contributed by atoms with Gasteiger partial charge in [0.15, 0.2) is 0 Å². The zero-order chi connectivity index (χ0) is 13.4.